The SMILES string of the molecule is NCc1ccc(F)cc1S(=O)(=O)NCc1cccs1. The summed E-state index contributed by atoms with van der Waals surface area (Å²) in [4.78, 5) is 0.779. The van der Waals surface area contributed by atoms with Gasteiger partial charge in [-0.05, 0) is 29.1 Å². The summed E-state index contributed by atoms with van der Waals surface area (Å²) in [7, 11) is -3.76. The molecule has 0 aliphatic carbocycles. The van der Waals surface area contributed by atoms with Gasteiger partial charge in [-0.15, -0.1) is 11.3 Å². The van der Waals surface area contributed by atoms with Gasteiger partial charge in [0.15, 0.2) is 0 Å². The molecule has 4 nitrogen and oxygen atoms in total. The zero-order chi connectivity index (χ0) is 13.9. The first kappa shape index (κ1) is 14.1. The maximum absolute atomic E-state index is 13.2. The van der Waals surface area contributed by atoms with Crippen LogP contribution in [0.4, 0.5) is 4.39 Å². The first-order chi connectivity index (χ1) is 9.03. The van der Waals surface area contributed by atoms with E-state index in [9.17, 15) is 12.8 Å². The van der Waals surface area contributed by atoms with Gasteiger partial charge in [-0.2, -0.15) is 0 Å². The molecule has 2 rings (SSSR count). The van der Waals surface area contributed by atoms with Gasteiger partial charge in [0, 0.05) is 18.0 Å². The van der Waals surface area contributed by atoms with Crippen LogP contribution in [-0.2, 0) is 23.1 Å². The Labute approximate surface area is 115 Å². The molecule has 0 fully saturated rings. The Morgan fingerprint density at radius 1 is 1.32 bits per heavy atom. The summed E-state index contributed by atoms with van der Waals surface area (Å²) in [6, 6.07) is 7.22. The summed E-state index contributed by atoms with van der Waals surface area (Å²) < 4.78 is 39.9. The van der Waals surface area contributed by atoms with E-state index >= 15 is 0 Å². The summed E-state index contributed by atoms with van der Waals surface area (Å²) in [5.74, 6) is -0.603. The van der Waals surface area contributed by atoms with Gasteiger partial charge < -0.3 is 5.73 Å². The van der Waals surface area contributed by atoms with Gasteiger partial charge in [-0.25, -0.2) is 17.5 Å². The number of thiophene rings is 1. The second kappa shape index (κ2) is 5.79. The molecule has 0 aliphatic heterocycles. The number of nitrogens with two attached hydrogens (primary N) is 1. The first-order valence-electron chi connectivity index (χ1n) is 5.53. The summed E-state index contributed by atoms with van der Waals surface area (Å²) >= 11 is 1.45. The van der Waals surface area contributed by atoms with Crippen LogP contribution in [0.15, 0.2) is 40.6 Å². The third-order valence-corrected chi connectivity index (χ3v) is 4.91. The molecule has 1 aromatic heterocycles. The van der Waals surface area contributed by atoms with Crippen molar-refractivity contribution in [3.05, 3.63) is 52.0 Å². The molecule has 0 spiro atoms. The van der Waals surface area contributed by atoms with Gasteiger partial charge >= 0.3 is 0 Å². The molecule has 0 radical (unpaired) electrons. The van der Waals surface area contributed by atoms with Crippen LogP contribution in [0.5, 0.6) is 0 Å². The molecule has 1 aromatic carbocycles. The number of hydrogen-bond acceptors (Lipinski definition) is 4. The molecule has 3 N–H and O–H groups in total. The van der Waals surface area contributed by atoms with Crippen LogP contribution in [0.2, 0.25) is 0 Å². The Bertz CT molecular complexity index is 654. The van der Waals surface area contributed by atoms with Crippen molar-refractivity contribution in [1.29, 1.82) is 0 Å². The monoisotopic (exact) mass is 300 g/mol. The van der Waals surface area contributed by atoms with Gasteiger partial charge in [-0.3, -0.25) is 0 Å². The van der Waals surface area contributed by atoms with Crippen molar-refractivity contribution in [2.24, 2.45) is 5.73 Å². The van der Waals surface area contributed by atoms with Gasteiger partial charge in [0.25, 0.3) is 0 Å². The van der Waals surface area contributed by atoms with Gasteiger partial charge in [0.1, 0.15) is 5.82 Å². The largest absolute Gasteiger partial charge is 0.326 e. The van der Waals surface area contributed by atoms with E-state index in [4.69, 9.17) is 5.73 Å². The van der Waals surface area contributed by atoms with Crippen LogP contribution in [0.1, 0.15) is 10.4 Å². The van der Waals surface area contributed by atoms with Crippen LogP contribution in [-0.4, -0.2) is 8.42 Å². The normalized spacial score (nSPS) is 11.7. The number of benzene rings is 1. The van der Waals surface area contributed by atoms with Crippen molar-refractivity contribution >= 4 is 21.4 Å². The third-order valence-electron chi connectivity index (χ3n) is 2.56. The van der Waals surface area contributed by atoms with E-state index in [1.54, 1.807) is 0 Å². The maximum Gasteiger partial charge on any atom is 0.241 e. The first-order valence-corrected chi connectivity index (χ1v) is 7.90. The summed E-state index contributed by atoms with van der Waals surface area (Å²) in [5.41, 5.74) is 5.86. The van der Waals surface area contributed by atoms with E-state index in [0.717, 1.165) is 10.9 Å². The second-order valence-corrected chi connectivity index (χ2v) is 6.63. The lowest BCUT2D eigenvalue weighted by molar-refractivity contribution is 0.576. The minimum absolute atomic E-state index is 0.0372. The summed E-state index contributed by atoms with van der Waals surface area (Å²) in [6.45, 7) is 0.218. The van der Waals surface area contributed by atoms with E-state index in [1.807, 2.05) is 17.5 Å². The van der Waals surface area contributed by atoms with Crippen LogP contribution >= 0.6 is 11.3 Å². The minimum atomic E-state index is -3.76. The average molecular weight is 300 g/mol. The molecule has 1 heterocycles. The Balaban J connectivity index is 2.26. The van der Waals surface area contributed by atoms with Crippen molar-refractivity contribution in [1.82, 2.24) is 4.72 Å². The fourth-order valence-corrected chi connectivity index (χ4v) is 3.61. The quantitative estimate of drug-likeness (QED) is 0.885. The van der Waals surface area contributed by atoms with Gasteiger partial charge in [-0.1, -0.05) is 12.1 Å². The summed E-state index contributed by atoms with van der Waals surface area (Å²) in [5, 5.41) is 1.86. The highest BCUT2D eigenvalue weighted by atomic mass is 32.2. The Morgan fingerprint density at radius 3 is 2.74 bits per heavy atom. The Hall–Kier alpha value is -1.28. The summed E-state index contributed by atoms with van der Waals surface area (Å²) in [6.07, 6.45) is 0. The number of sulfonamides is 1. The maximum atomic E-state index is 13.2. The number of rotatable bonds is 5. The lowest BCUT2D eigenvalue weighted by Gasteiger charge is -2.10. The van der Waals surface area contributed by atoms with Crippen LogP contribution < -0.4 is 10.5 Å². The van der Waals surface area contributed by atoms with E-state index in [0.29, 0.717) is 5.56 Å². The van der Waals surface area contributed by atoms with Crippen molar-refractivity contribution < 1.29 is 12.8 Å². The highest BCUT2D eigenvalue weighted by Crippen LogP contribution is 2.18. The molecule has 0 atom stereocenters. The van der Waals surface area contributed by atoms with Crippen LogP contribution in [0.3, 0.4) is 0 Å². The van der Waals surface area contributed by atoms with E-state index in [1.165, 1.54) is 23.5 Å². The molecular weight excluding hydrogens is 287 g/mol. The molecule has 0 aliphatic rings. The van der Waals surface area contributed by atoms with E-state index < -0.39 is 15.8 Å². The molecule has 0 saturated carbocycles. The van der Waals surface area contributed by atoms with Crippen LogP contribution in [0, 0.1) is 5.82 Å². The molecule has 0 saturated heterocycles. The second-order valence-electron chi connectivity index (χ2n) is 3.86. The third kappa shape index (κ3) is 3.38. The molecule has 0 amide bonds. The number of halogens is 1. The standard InChI is InChI=1S/C12H13FN2O2S2/c13-10-4-3-9(7-14)12(6-10)19(16,17)15-8-11-2-1-5-18-11/h1-6,15H,7-8,14H2. The van der Waals surface area contributed by atoms with Crippen molar-refractivity contribution in [3.63, 3.8) is 0 Å². The smallest absolute Gasteiger partial charge is 0.241 e. The lowest BCUT2D eigenvalue weighted by atomic mass is 10.2. The number of nitrogens with one attached hydrogen (secondary N) is 1. The average Bonchev–Trinajstić information content (AvgIpc) is 2.89. The molecule has 7 heteroatoms. The highest BCUT2D eigenvalue weighted by Gasteiger charge is 2.18. The van der Waals surface area contributed by atoms with Gasteiger partial charge in [0.2, 0.25) is 10.0 Å². The fourth-order valence-electron chi connectivity index (χ4n) is 1.60. The Morgan fingerprint density at radius 2 is 2.11 bits per heavy atom. The topological polar surface area (TPSA) is 72.2 Å². The van der Waals surface area contributed by atoms with Gasteiger partial charge in [0.05, 0.1) is 4.90 Å². The van der Waals surface area contributed by atoms with Crippen molar-refractivity contribution in [2.45, 2.75) is 18.0 Å². The van der Waals surface area contributed by atoms with Crippen molar-refractivity contribution in [3.8, 4) is 0 Å². The molecule has 2 aromatic rings. The predicted octanol–water partition coefficient (Wildman–Crippen LogP) is 1.82. The zero-order valence-electron chi connectivity index (χ0n) is 9.97. The van der Waals surface area contributed by atoms with Crippen LogP contribution in [0.25, 0.3) is 0 Å². The predicted molar refractivity (Wildman–Crippen MR) is 72.6 cm³/mol. The minimum Gasteiger partial charge on any atom is -0.326 e. The highest BCUT2D eigenvalue weighted by molar-refractivity contribution is 7.89. The molecule has 102 valence electrons. The molecule has 19 heavy (non-hydrogen) atoms. The molecule has 0 bridgehead atoms. The van der Waals surface area contributed by atoms with Crippen molar-refractivity contribution in [2.75, 3.05) is 0 Å². The fraction of sp³-hybridized carbons (Fsp3) is 0.167. The lowest BCUT2D eigenvalue weighted by Crippen LogP contribution is -2.24. The Kier molecular flexibility index (Phi) is 4.31. The number of hydrogen-bond donors (Lipinski definition) is 2. The van der Waals surface area contributed by atoms with E-state index in [2.05, 4.69) is 4.72 Å². The molecule has 0 unspecified atom stereocenters. The molecular formula is C12H13FN2O2S2. The zero-order valence-corrected chi connectivity index (χ0v) is 11.6. The van der Waals surface area contributed by atoms with E-state index in [-0.39, 0.29) is 18.0 Å².